The van der Waals surface area contributed by atoms with Crippen molar-refractivity contribution in [1.82, 2.24) is 4.98 Å². The molecule has 6 rings (SSSR count). The minimum atomic E-state index is -0.0343. The SMILES string of the molecule is COc1ccc2[nH]c(C(=O)N3CC(CCl)c4c3cc(NC3CCCCC3)c3ccccc43)cc2c1. The molecule has 6 heteroatoms. The third-order valence-electron chi connectivity index (χ3n) is 7.62. The van der Waals surface area contributed by atoms with Crippen molar-refractivity contribution >= 4 is 50.6 Å². The molecular weight excluding hydrogens is 458 g/mol. The molecular formula is C29H30ClN3O2. The van der Waals surface area contributed by atoms with Gasteiger partial charge in [0.15, 0.2) is 0 Å². The Morgan fingerprint density at radius 3 is 2.66 bits per heavy atom. The van der Waals surface area contributed by atoms with Crippen LogP contribution in [0.25, 0.3) is 21.7 Å². The Morgan fingerprint density at radius 2 is 1.89 bits per heavy atom. The van der Waals surface area contributed by atoms with Crippen LogP contribution in [-0.2, 0) is 0 Å². The molecule has 0 bridgehead atoms. The van der Waals surface area contributed by atoms with Gasteiger partial charge in [-0.15, -0.1) is 11.6 Å². The number of nitrogens with zero attached hydrogens (tertiary/aromatic N) is 1. The molecule has 4 aromatic rings. The van der Waals surface area contributed by atoms with Crippen molar-refractivity contribution in [3.05, 3.63) is 65.9 Å². The minimum absolute atomic E-state index is 0.0343. The molecule has 1 aromatic heterocycles. The van der Waals surface area contributed by atoms with Crippen LogP contribution in [-0.4, -0.2) is 36.5 Å². The maximum atomic E-state index is 13.8. The second-order valence-corrected chi connectivity index (χ2v) is 10.1. The lowest BCUT2D eigenvalue weighted by Gasteiger charge is -2.26. The highest BCUT2D eigenvalue weighted by Gasteiger charge is 2.35. The highest BCUT2D eigenvalue weighted by molar-refractivity contribution is 6.19. The Bertz CT molecular complexity index is 1410. The predicted molar refractivity (Wildman–Crippen MR) is 144 cm³/mol. The molecule has 0 spiro atoms. The number of aromatic amines is 1. The van der Waals surface area contributed by atoms with Crippen LogP contribution in [0.1, 0.15) is 54.1 Å². The monoisotopic (exact) mass is 487 g/mol. The summed E-state index contributed by atoms with van der Waals surface area (Å²) < 4.78 is 5.35. The fourth-order valence-electron chi connectivity index (χ4n) is 5.85. The van der Waals surface area contributed by atoms with E-state index in [0.717, 1.165) is 28.0 Å². The summed E-state index contributed by atoms with van der Waals surface area (Å²) in [5.41, 5.74) is 4.75. The number of alkyl halides is 1. The van der Waals surface area contributed by atoms with Crippen LogP contribution in [0.5, 0.6) is 5.75 Å². The van der Waals surface area contributed by atoms with E-state index in [1.807, 2.05) is 29.2 Å². The predicted octanol–water partition coefficient (Wildman–Crippen LogP) is 7.06. The third-order valence-corrected chi connectivity index (χ3v) is 7.99. The summed E-state index contributed by atoms with van der Waals surface area (Å²) in [6.07, 6.45) is 6.24. The van der Waals surface area contributed by atoms with Crippen LogP contribution in [0.3, 0.4) is 0 Å². The number of carbonyl (C=O) groups is 1. The van der Waals surface area contributed by atoms with E-state index in [1.54, 1.807) is 7.11 Å². The number of benzene rings is 3. The summed E-state index contributed by atoms with van der Waals surface area (Å²) in [5.74, 6) is 1.30. The summed E-state index contributed by atoms with van der Waals surface area (Å²) in [6, 6.07) is 18.9. The first-order chi connectivity index (χ1) is 17.2. The summed E-state index contributed by atoms with van der Waals surface area (Å²) >= 11 is 6.47. The number of amides is 1. The highest BCUT2D eigenvalue weighted by atomic mass is 35.5. The average Bonchev–Trinajstić information content (AvgIpc) is 3.50. The maximum absolute atomic E-state index is 13.8. The molecule has 3 aromatic carbocycles. The van der Waals surface area contributed by atoms with Crippen LogP contribution in [0, 0.1) is 0 Å². The first-order valence-electron chi connectivity index (χ1n) is 12.5. The van der Waals surface area contributed by atoms with Gasteiger partial charge in [0, 0.05) is 46.4 Å². The van der Waals surface area contributed by atoms with Gasteiger partial charge in [-0.05, 0) is 54.1 Å². The zero-order valence-electron chi connectivity index (χ0n) is 19.9. The molecule has 1 amide bonds. The first-order valence-corrected chi connectivity index (χ1v) is 13.1. The van der Waals surface area contributed by atoms with Gasteiger partial charge < -0.3 is 19.9 Å². The molecule has 0 saturated heterocycles. The van der Waals surface area contributed by atoms with E-state index in [0.29, 0.717) is 24.2 Å². The Kier molecular flexibility index (Phi) is 5.81. The van der Waals surface area contributed by atoms with Crippen molar-refractivity contribution in [3.8, 4) is 5.75 Å². The van der Waals surface area contributed by atoms with Gasteiger partial charge in [0.1, 0.15) is 11.4 Å². The smallest absolute Gasteiger partial charge is 0.274 e. The number of H-pyrrole nitrogens is 1. The second kappa shape index (κ2) is 9.12. The van der Waals surface area contributed by atoms with Crippen molar-refractivity contribution in [1.29, 1.82) is 0 Å². The summed E-state index contributed by atoms with van der Waals surface area (Å²) in [7, 11) is 1.65. The van der Waals surface area contributed by atoms with E-state index in [-0.39, 0.29) is 11.8 Å². The summed E-state index contributed by atoms with van der Waals surface area (Å²) in [5, 5.41) is 7.18. The van der Waals surface area contributed by atoms with Crippen molar-refractivity contribution in [3.63, 3.8) is 0 Å². The van der Waals surface area contributed by atoms with Gasteiger partial charge in [-0.25, -0.2) is 0 Å². The van der Waals surface area contributed by atoms with Crippen LogP contribution < -0.4 is 15.0 Å². The number of anilines is 2. The zero-order chi connectivity index (χ0) is 23.9. The van der Waals surface area contributed by atoms with Crippen LogP contribution in [0.4, 0.5) is 11.4 Å². The van der Waals surface area contributed by atoms with Gasteiger partial charge in [-0.2, -0.15) is 0 Å². The average molecular weight is 488 g/mol. The molecule has 1 fully saturated rings. The molecule has 2 N–H and O–H groups in total. The molecule has 1 saturated carbocycles. The van der Waals surface area contributed by atoms with Gasteiger partial charge in [-0.3, -0.25) is 4.79 Å². The molecule has 1 aliphatic heterocycles. The number of fused-ring (bicyclic) bond motifs is 4. The van der Waals surface area contributed by atoms with E-state index in [9.17, 15) is 4.79 Å². The normalized spacial score (nSPS) is 18.2. The van der Waals surface area contributed by atoms with E-state index in [2.05, 4.69) is 40.6 Å². The second-order valence-electron chi connectivity index (χ2n) is 9.78. The topological polar surface area (TPSA) is 57.4 Å². The minimum Gasteiger partial charge on any atom is -0.497 e. The van der Waals surface area contributed by atoms with Crippen molar-refractivity contribution in [2.75, 3.05) is 29.8 Å². The van der Waals surface area contributed by atoms with Crippen molar-refractivity contribution in [2.24, 2.45) is 0 Å². The third kappa shape index (κ3) is 3.92. The standard InChI is InChI=1S/C29H30ClN3O2/c1-35-21-11-12-24-18(13-21)14-26(32-24)29(34)33-17-19(16-30)28-23-10-6-5-9-22(23)25(15-27(28)33)31-20-7-3-2-4-8-20/h5-6,9-15,19-20,31-32H,2-4,7-8,16-17H2,1H3. The molecule has 0 radical (unpaired) electrons. The number of carbonyl (C=O) groups excluding carboxylic acids is 1. The Labute approximate surface area is 210 Å². The quantitative estimate of drug-likeness (QED) is 0.296. The van der Waals surface area contributed by atoms with Crippen LogP contribution in [0.2, 0.25) is 0 Å². The maximum Gasteiger partial charge on any atom is 0.274 e. The number of aromatic nitrogens is 1. The lowest BCUT2D eigenvalue weighted by atomic mass is 9.92. The van der Waals surface area contributed by atoms with E-state index in [4.69, 9.17) is 16.3 Å². The molecule has 180 valence electrons. The molecule has 2 aliphatic rings. The Hall–Kier alpha value is -3.18. The van der Waals surface area contributed by atoms with E-state index < -0.39 is 0 Å². The number of rotatable bonds is 5. The van der Waals surface area contributed by atoms with Gasteiger partial charge in [-0.1, -0.05) is 43.5 Å². The number of ether oxygens (including phenoxy) is 1. The lowest BCUT2D eigenvalue weighted by molar-refractivity contribution is 0.0984. The number of hydrogen-bond donors (Lipinski definition) is 2. The Morgan fingerprint density at radius 1 is 1.09 bits per heavy atom. The molecule has 5 nitrogen and oxygen atoms in total. The molecule has 1 aliphatic carbocycles. The largest absolute Gasteiger partial charge is 0.497 e. The molecule has 1 atom stereocenters. The number of methoxy groups -OCH3 is 1. The number of halogens is 1. The molecule has 2 heterocycles. The van der Waals surface area contributed by atoms with E-state index in [1.165, 1.54) is 48.4 Å². The zero-order valence-corrected chi connectivity index (χ0v) is 20.7. The molecule has 35 heavy (non-hydrogen) atoms. The van der Waals surface area contributed by atoms with Crippen LogP contribution >= 0.6 is 11.6 Å². The summed E-state index contributed by atoms with van der Waals surface area (Å²) in [4.78, 5) is 19.0. The van der Waals surface area contributed by atoms with Gasteiger partial charge in [0.2, 0.25) is 0 Å². The fraction of sp³-hybridized carbons (Fsp3) is 0.345. The first kappa shape index (κ1) is 22.3. The highest BCUT2D eigenvalue weighted by Crippen LogP contribution is 2.45. The van der Waals surface area contributed by atoms with Crippen LogP contribution in [0.15, 0.2) is 54.6 Å². The van der Waals surface area contributed by atoms with Crippen molar-refractivity contribution < 1.29 is 9.53 Å². The van der Waals surface area contributed by atoms with E-state index >= 15 is 0 Å². The molecule has 1 unspecified atom stereocenters. The number of nitrogens with one attached hydrogen (secondary N) is 2. The number of hydrogen-bond acceptors (Lipinski definition) is 3. The van der Waals surface area contributed by atoms with Crippen molar-refractivity contribution in [2.45, 2.75) is 44.1 Å². The summed E-state index contributed by atoms with van der Waals surface area (Å²) in [6.45, 7) is 0.577. The Balaban J connectivity index is 1.43. The fourth-order valence-corrected chi connectivity index (χ4v) is 6.10. The van der Waals surface area contributed by atoms with Gasteiger partial charge in [0.25, 0.3) is 5.91 Å². The van der Waals surface area contributed by atoms with Gasteiger partial charge >= 0.3 is 0 Å². The lowest BCUT2D eigenvalue weighted by Crippen LogP contribution is -2.30. The van der Waals surface area contributed by atoms with Gasteiger partial charge in [0.05, 0.1) is 12.8 Å².